The van der Waals surface area contributed by atoms with Gasteiger partial charge in [0.25, 0.3) is 0 Å². The summed E-state index contributed by atoms with van der Waals surface area (Å²) in [4.78, 5) is 15.0. The summed E-state index contributed by atoms with van der Waals surface area (Å²) in [6, 6.07) is 10.3. The summed E-state index contributed by atoms with van der Waals surface area (Å²) in [5, 5.41) is 11.2. The molecule has 0 aliphatic carbocycles. The fourth-order valence-corrected chi connectivity index (χ4v) is 4.06. The van der Waals surface area contributed by atoms with Gasteiger partial charge in [-0.05, 0) is 38.8 Å². The number of nitrogens with zero attached hydrogens (tertiary/aromatic N) is 2. The number of nitrogens with one attached hydrogen (secondary N) is 2. The number of H-pyrrole nitrogens is 1. The van der Waals surface area contributed by atoms with E-state index in [0.29, 0.717) is 5.91 Å². The summed E-state index contributed by atoms with van der Waals surface area (Å²) < 4.78 is 0. The van der Waals surface area contributed by atoms with Gasteiger partial charge < -0.3 is 10.2 Å². The van der Waals surface area contributed by atoms with Gasteiger partial charge in [-0.25, -0.2) is 0 Å². The van der Waals surface area contributed by atoms with E-state index in [2.05, 4.69) is 32.5 Å². The number of fused-ring (bicyclic) bond motifs is 1. The van der Waals surface area contributed by atoms with Crippen molar-refractivity contribution in [2.75, 3.05) is 26.2 Å². The van der Waals surface area contributed by atoms with Crippen LogP contribution in [0.4, 0.5) is 0 Å². The van der Waals surface area contributed by atoms with Crippen molar-refractivity contribution in [3.05, 3.63) is 41.6 Å². The van der Waals surface area contributed by atoms with Gasteiger partial charge in [0.1, 0.15) is 0 Å². The SMILES string of the molecule is O=C(C1CCCNCC1)N1CCc2[nH]nc(-c3ccccc3)c2CC1. The highest BCUT2D eigenvalue weighted by Crippen LogP contribution is 2.27. The van der Waals surface area contributed by atoms with Gasteiger partial charge in [-0.15, -0.1) is 0 Å². The third kappa shape index (κ3) is 3.47. The Kier molecular flexibility index (Phi) is 4.83. The Hall–Kier alpha value is -2.14. The highest BCUT2D eigenvalue weighted by atomic mass is 16.2. The maximum atomic E-state index is 13.0. The van der Waals surface area contributed by atoms with Crippen molar-refractivity contribution in [3.8, 4) is 11.3 Å². The molecular weight excluding hydrogens is 312 g/mol. The van der Waals surface area contributed by atoms with Crippen LogP contribution in [0.1, 0.15) is 30.5 Å². The lowest BCUT2D eigenvalue weighted by Crippen LogP contribution is -2.38. The normalized spacial score (nSPS) is 21.3. The molecule has 25 heavy (non-hydrogen) atoms. The summed E-state index contributed by atoms with van der Waals surface area (Å²) in [5.74, 6) is 0.543. The minimum Gasteiger partial charge on any atom is -0.342 e. The number of carbonyl (C=O) groups excluding carboxylic acids is 1. The van der Waals surface area contributed by atoms with Gasteiger partial charge in [-0.1, -0.05) is 30.3 Å². The topological polar surface area (TPSA) is 61.0 Å². The number of rotatable bonds is 2. The summed E-state index contributed by atoms with van der Waals surface area (Å²) in [6.07, 6.45) is 4.84. The van der Waals surface area contributed by atoms with E-state index in [-0.39, 0.29) is 5.92 Å². The van der Waals surface area contributed by atoms with Crippen molar-refractivity contribution < 1.29 is 4.79 Å². The molecule has 0 bridgehead atoms. The van der Waals surface area contributed by atoms with Crippen LogP contribution in [0.3, 0.4) is 0 Å². The minimum atomic E-state index is 0.193. The van der Waals surface area contributed by atoms with E-state index >= 15 is 0 Å². The molecular formula is C20H26N4O. The van der Waals surface area contributed by atoms with E-state index in [1.807, 2.05) is 18.2 Å². The molecule has 1 unspecified atom stereocenters. The van der Waals surface area contributed by atoms with Gasteiger partial charge in [0.2, 0.25) is 5.91 Å². The van der Waals surface area contributed by atoms with Crippen molar-refractivity contribution >= 4 is 5.91 Å². The molecule has 0 spiro atoms. The maximum absolute atomic E-state index is 13.0. The van der Waals surface area contributed by atoms with Crippen molar-refractivity contribution in [3.63, 3.8) is 0 Å². The van der Waals surface area contributed by atoms with E-state index in [4.69, 9.17) is 0 Å². The first-order valence-electron chi connectivity index (χ1n) is 9.44. The molecule has 2 aliphatic rings. The van der Waals surface area contributed by atoms with E-state index in [1.165, 1.54) is 11.3 Å². The molecule has 1 fully saturated rings. The number of aromatic nitrogens is 2. The number of hydrogen-bond donors (Lipinski definition) is 2. The molecule has 2 aromatic rings. The number of aromatic amines is 1. The Morgan fingerprint density at radius 1 is 1.08 bits per heavy atom. The standard InChI is InChI=1S/C20H26N4O/c25-20(16-7-4-11-21-12-8-16)24-13-9-17-18(10-14-24)22-23-19(17)15-5-2-1-3-6-15/h1-3,5-6,16,21H,4,7-14H2,(H,22,23). The molecule has 0 radical (unpaired) electrons. The van der Waals surface area contributed by atoms with Crippen LogP contribution in [0.5, 0.6) is 0 Å². The Bertz CT molecular complexity index is 717. The van der Waals surface area contributed by atoms with Crippen LogP contribution in [-0.2, 0) is 17.6 Å². The molecule has 3 heterocycles. The largest absolute Gasteiger partial charge is 0.342 e. The van der Waals surface area contributed by atoms with Crippen LogP contribution in [0.15, 0.2) is 30.3 Å². The third-order valence-electron chi connectivity index (χ3n) is 5.50. The van der Waals surface area contributed by atoms with Crippen molar-refractivity contribution in [2.24, 2.45) is 5.92 Å². The summed E-state index contributed by atoms with van der Waals surface area (Å²) in [5.41, 5.74) is 4.67. The van der Waals surface area contributed by atoms with Gasteiger partial charge in [-0.2, -0.15) is 5.10 Å². The van der Waals surface area contributed by atoms with Crippen LogP contribution in [0.25, 0.3) is 11.3 Å². The summed E-state index contributed by atoms with van der Waals surface area (Å²) in [7, 11) is 0. The highest BCUT2D eigenvalue weighted by Gasteiger charge is 2.28. The average Bonchev–Trinajstić information content (AvgIpc) is 2.84. The maximum Gasteiger partial charge on any atom is 0.225 e. The molecule has 1 amide bonds. The van der Waals surface area contributed by atoms with Crippen molar-refractivity contribution in [2.45, 2.75) is 32.1 Å². The van der Waals surface area contributed by atoms with E-state index in [1.54, 1.807) is 0 Å². The van der Waals surface area contributed by atoms with Crippen LogP contribution >= 0.6 is 0 Å². The Morgan fingerprint density at radius 2 is 1.92 bits per heavy atom. The molecule has 1 saturated heterocycles. The first-order chi connectivity index (χ1) is 12.3. The molecule has 1 aromatic carbocycles. The lowest BCUT2D eigenvalue weighted by atomic mass is 9.99. The fourth-order valence-electron chi connectivity index (χ4n) is 4.06. The van der Waals surface area contributed by atoms with Gasteiger partial charge >= 0.3 is 0 Å². The zero-order valence-corrected chi connectivity index (χ0v) is 14.6. The number of amides is 1. The van der Waals surface area contributed by atoms with E-state index in [0.717, 1.165) is 69.5 Å². The lowest BCUT2D eigenvalue weighted by molar-refractivity contribution is -0.135. The number of carbonyl (C=O) groups is 1. The Labute approximate surface area is 148 Å². The molecule has 2 N–H and O–H groups in total. The second-order valence-corrected chi connectivity index (χ2v) is 7.10. The van der Waals surface area contributed by atoms with Crippen LogP contribution in [0, 0.1) is 5.92 Å². The number of hydrogen-bond acceptors (Lipinski definition) is 3. The average molecular weight is 338 g/mol. The zero-order chi connectivity index (χ0) is 17.1. The van der Waals surface area contributed by atoms with Gasteiger partial charge in [0.15, 0.2) is 0 Å². The Morgan fingerprint density at radius 3 is 2.80 bits per heavy atom. The monoisotopic (exact) mass is 338 g/mol. The lowest BCUT2D eigenvalue weighted by Gasteiger charge is -2.25. The highest BCUT2D eigenvalue weighted by molar-refractivity contribution is 5.79. The van der Waals surface area contributed by atoms with Gasteiger partial charge in [0, 0.05) is 42.2 Å². The molecule has 1 aromatic heterocycles. The predicted octanol–water partition coefficient (Wildman–Crippen LogP) is 2.39. The molecule has 0 saturated carbocycles. The van der Waals surface area contributed by atoms with Crippen LogP contribution in [-0.4, -0.2) is 47.2 Å². The van der Waals surface area contributed by atoms with Gasteiger partial charge in [-0.3, -0.25) is 9.89 Å². The molecule has 132 valence electrons. The molecule has 4 rings (SSSR count). The molecule has 1 atom stereocenters. The smallest absolute Gasteiger partial charge is 0.225 e. The summed E-state index contributed by atoms with van der Waals surface area (Å²) in [6.45, 7) is 3.60. The minimum absolute atomic E-state index is 0.193. The molecule has 2 aliphatic heterocycles. The van der Waals surface area contributed by atoms with Crippen molar-refractivity contribution in [1.82, 2.24) is 20.4 Å². The quantitative estimate of drug-likeness (QED) is 0.884. The van der Waals surface area contributed by atoms with Crippen LogP contribution < -0.4 is 5.32 Å². The predicted molar refractivity (Wildman–Crippen MR) is 98.2 cm³/mol. The first kappa shape index (κ1) is 16.3. The first-order valence-corrected chi connectivity index (χ1v) is 9.44. The van der Waals surface area contributed by atoms with Gasteiger partial charge in [0.05, 0.1) is 5.69 Å². The van der Waals surface area contributed by atoms with Crippen LogP contribution in [0.2, 0.25) is 0 Å². The van der Waals surface area contributed by atoms with E-state index < -0.39 is 0 Å². The fraction of sp³-hybridized carbons (Fsp3) is 0.500. The second kappa shape index (κ2) is 7.40. The van der Waals surface area contributed by atoms with E-state index in [9.17, 15) is 4.79 Å². The third-order valence-corrected chi connectivity index (χ3v) is 5.50. The zero-order valence-electron chi connectivity index (χ0n) is 14.6. The second-order valence-electron chi connectivity index (χ2n) is 7.10. The molecule has 5 heteroatoms. The number of benzene rings is 1. The Balaban J connectivity index is 1.49. The summed E-state index contributed by atoms with van der Waals surface area (Å²) >= 11 is 0. The van der Waals surface area contributed by atoms with Crippen molar-refractivity contribution in [1.29, 1.82) is 0 Å². The molecule has 5 nitrogen and oxygen atoms in total.